The number of nitrogens with zero attached hydrogens (tertiary/aromatic N) is 1. The molecule has 1 fully saturated rings. The number of anilines is 1. The van der Waals surface area contributed by atoms with Crippen LogP contribution in [0.2, 0.25) is 0 Å². The van der Waals surface area contributed by atoms with Crippen LogP contribution in [0.25, 0.3) is 5.76 Å². The highest BCUT2D eigenvalue weighted by Crippen LogP contribution is 2.43. The van der Waals surface area contributed by atoms with Crippen molar-refractivity contribution >= 4 is 23.1 Å². The number of ketones is 1. The molecule has 0 radical (unpaired) electrons. The van der Waals surface area contributed by atoms with E-state index in [9.17, 15) is 27.9 Å². The van der Waals surface area contributed by atoms with Crippen molar-refractivity contribution in [3.63, 3.8) is 0 Å². The molecule has 0 saturated carbocycles. The predicted octanol–water partition coefficient (Wildman–Crippen LogP) is 5.74. The van der Waals surface area contributed by atoms with Crippen molar-refractivity contribution in [2.45, 2.75) is 19.1 Å². The van der Waals surface area contributed by atoms with Crippen molar-refractivity contribution in [1.29, 1.82) is 0 Å². The summed E-state index contributed by atoms with van der Waals surface area (Å²) >= 11 is 0. The Bertz CT molecular complexity index is 1330. The molecule has 0 bridgehead atoms. The van der Waals surface area contributed by atoms with E-state index in [-0.39, 0.29) is 16.8 Å². The summed E-state index contributed by atoms with van der Waals surface area (Å²) in [5, 5.41) is 11.2. The SMILES string of the molecule is CCOc1cccc(/C(O)=C2\C(=O)C(=O)N(c3cccc(C(F)(F)F)c3)C2c2ccc(OC)cc2)c1. The topological polar surface area (TPSA) is 76.1 Å². The Labute approximate surface area is 205 Å². The molecule has 3 aromatic carbocycles. The molecular formula is C27H22F3NO5. The van der Waals surface area contributed by atoms with Gasteiger partial charge in [0.15, 0.2) is 0 Å². The number of ether oxygens (including phenoxy) is 2. The fraction of sp³-hybridized carbons (Fsp3) is 0.185. The van der Waals surface area contributed by atoms with Gasteiger partial charge < -0.3 is 14.6 Å². The van der Waals surface area contributed by atoms with Crippen molar-refractivity contribution < 1.29 is 37.3 Å². The number of halogens is 3. The lowest BCUT2D eigenvalue weighted by Gasteiger charge is -2.26. The zero-order chi connectivity index (χ0) is 26.0. The first-order valence-corrected chi connectivity index (χ1v) is 11.0. The highest BCUT2D eigenvalue weighted by Gasteiger charge is 2.47. The van der Waals surface area contributed by atoms with Crippen molar-refractivity contribution in [1.82, 2.24) is 0 Å². The van der Waals surface area contributed by atoms with E-state index in [4.69, 9.17) is 9.47 Å². The Morgan fingerprint density at radius 1 is 0.972 bits per heavy atom. The number of carbonyl (C=O) groups is 2. The number of alkyl halides is 3. The zero-order valence-electron chi connectivity index (χ0n) is 19.4. The summed E-state index contributed by atoms with van der Waals surface area (Å²) in [5.41, 5.74) is -0.734. The number of rotatable bonds is 6. The number of aliphatic hydroxyl groups excluding tert-OH is 1. The summed E-state index contributed by atoms with van der Waals surface area (Å²) in [6.07, 6.45) is -4.65. The molecule has 1 heterocycles. The van der Waals surface area contributed by atoms with Crippen LogP contribution < -0.4 is 14.4 Å². The van der Waals surface area contributed by atoms with Gasteiger partial charge in [-0.05, 0) is 55.0 Å². The Balaban J connectivity index is 1.92. The molecule has 0 aromatic heterocycles. The fourth-order valence-electron chi connectivity index (χ4n) is 4.09. The van der Waals surface area contributed by atoms with Crippen LogP contribution in [-0.2, 0) is 15.8 Å². The summed E-state index contributed by atoms with van der Waals surface area (Å²) in [6.45, 7) is 2.16. The van der Waals surface area contributed by atoms with Gasteiger partial charge in [-0.1, -0.05) is 30.3 Å². The maximum absolute atomic E-state index is 13.4. The first-order chi connectivity index (χ1) is 17.2. The molecule has 36 heavy (non-hydrogen) atoms. The Morgan fingerprint density at radius 2 is 1.67 bits per heavy atom. The smallest absolute Gasteiger partial charge is 0.416 e. The summed E-state index contributed by atoms with van der Waals surface area (Å²) < 4.78 is 50.9. The van der Waals surface area contributed by atoms with E-state index in [0.717, 1.165) is 23.1 Å². The van der Waals surface area contributed by atoms with Gasteiger partial charge in [0, 0.05) is 11.3 Å². The van der Waals surface area contributed by atoms with Gasteiger partial charge in [-0.3, -0.25) is 14.5 Å². The van der Waals surface area contributed by atoms with E-state index < -0.39 is 35.2 Å². The molecular weight excluding hydrogens is 475 g/mol. The second-order valence-corrected chi connectivity index (χ2v) is 7.95. The molecule has 1 aliphatic heterocycles. The molecule has 1 amide bonds. The van der Waals surface area contributed by atoms with Gasteiger partial charge >= 0.3 is 6.18 Å². The third kappa shape index (κ3) is 4.64. The number of amides is 1. The van der Waals surface area contributed by atoms with Crippen LogP contribution in [0.4, 0.5) is 18.9 Å². The van der Waals surface area contributed by atoms with Crippen LogP contribution in [0.15, 0.2) is 78.4 Å². The third-order valence-corrected chi connectivity index (χ3v) is 5.75. The van der Waals surface area contributed by atoms with Crippen LogP contribution in [0.5, 0.6) is 11.5 Å². The van der Waals surface area contributed by atoms with E-state index in [1.807, 2.05) is 0 Å². The summed E-state index contributed by atoms with van der Waals surface area (Å²) in [5.74, 6) is -1.61. The highest BCUT2D eigenvalue weighted by atomic mass is 19.4. The molecule has 6 nitrogen and oxygen atoms in total. The molecule has 0 spiro atoms. The Morgan fingerprint density at radius 3 is 2.31 bits per heavy atom. The van der Waals surface area contributed by atoms with Crippen molar-refractivity contribution in [3.8, 4) is 11.5 Å². The molecule has 1 saturated heterocycles. The number of carbonyl (C=O) groups excluding carboxylic acids is 2. The lowest BCUT2D eigenvalue weighted by atomic mass is 9.95. The van der Waals surface area contributed by atoms with E-state index >= 15 is 0 Å². The first-order valence-electron chi connectivity index (χ1n) is 11.0. The molecule has 4 rings (SSSR count). The van der Waals surface area contributed by atoms with Crippen LogP contribution >= 0.6 is 0 Å². The molecule has 3 aromatic rings. The minimum absolute atomic E-state index is 0.130. The highest BCUT2D eigenvalue weighted by molar-refractivity contribution is 6.51. The zero-order valence-corrected chi connectivity index (χ0v) is 19.4. The molecule has 9 heteroatoms. The van der Waals surface area contributed by atoms with Crippen molar-refractivity contribution in [2.24, 2.45) is 0 Å². The van der Waals surface area contributed by atoms with Gasteiger partial charge in [0.25, 0.3) is 11.7 Å². The second kappa shape index (κ2) is 9.77. The van der Waals surface area contributed by atoms with Gasteiger partial charge in [0.1, 0.15) is 17.3 Å². The molecule has 1 N–H and O–H groups in total. The lowest BCUT2D eigenvalue weighted by Crippen LogP contribution is -2.29. The summed E-state index contributed by atoms with van der Waals surface area (Å²) in [6, 6.07) is 15.7. The fourth-order valence-corrected chi connectivity index (χ4v) is 4.09. The maximum Gasteiger partial charge on any atom is 0.416 e. The van der Waals surface area contributed by atoms with E-state index in [1.165, 1.54) is 19.2 Å². The first kappa shape index (κ1) is 24.8. The second-order valence-electron chi connectivity index (χ2n) is 7.95. The minimum Gasteiger partial charge on any atom is -0.507 e. The normalized spacial score (nSPS) is 17.4. The number of aliphatic hydroxyl groups is 1. The molecule has 1 unspecified atom stereocenters. The molecule has 186 valence electrons. The average molecular weight is 497 g/mol. The van der Waals surface area contributed by atoms with Gasteiger partial charge in [-0.25, -0.2) is 0 Å². The van der Waals surface area contributed by atoms with E-state index in [0.29, 0.717) is 23.7 Å². The average Bonchev–Trinajstić information content (AvgIpc) is 3.14. The molecule has 0 aliphatic carbocycles. The third-order valence-electron chi connectivity index (χ3n) is 5.75. The molecule has 1 atom stereocenters. The van der Waals surface area contributed by atoms with Crippen molar-refractivity contribution in [3.05, 3.63) is 95.1 Å². The van der Waals surface area contributed by atoms with Gasteiger partial charge in [0.05, 0.1) is 30.9 Å². The molecule has 1 aliphatic rings. The maximum atomic E-state index is 13.4. The summed E-state index contributed by atoms with van der Waals surface area (Å²) in [7, 11) is 1.47. The number of Topliss-reactive ketones (excluding diaryl/α,β-unsaturated/α-hetero) is 1. The standard InChI is InChI=1S/C27H22F3NO5/c1-3-36-21-9-4-6-17(14-21)24(32)22-23(16-10-12-20(35-2)13-11-16)31(26(34)25(22)33)19-8-5-7-18(15-19)27(28,29)30/h4-15,23,32H,3H2,1-2H3/b24-22+. The number of hydrogen-bond donors (Lipinski definition) is 1. The van der Waals surface area contributed by atoms with Crippen LogP contribution in [0.3, 0.4) is 0 Å². The monoisotopic (exact) mass is 497 g/mol. The van der Waals surface area contributed by atoms with Crippen molar-refractivity contribution in [2.75, 3.05) is 18.6 Å². The van der Waals surface area contributed by atoms with Crippen LogP contribution in [0.1, 0.15) is 29.7 Å². The van der Waals surface area contributed by atoms with Crippen LogP contribution in [0, 0.1) is 0 Å². The van der Waals surface area contributed by atoms with E-state index in [1.54, 1.807) is 49.4 Å². The summed E-state index contributed by atoms with van der Waals surface area (Å²) in [4.78, 5) is 27.4. The largest absolute Gasteiger partial charge is 0.507 e. The van der Waals surface area contributed by atoms with Crippen LogP contribution in [-0.4, -0.2) is 30.5 Å². The van der Waals surface area contributed by atoms with Gasteiger partial charge in [0.2, 0.25) is 0 Å². The Hall–Kier alpha value is -4.27. The number of methoxy groups -OCH3 is 1. The lowest BCUT2D eigenvalue weighted by molar-refractivity contribution is -0.137. The van der Waals surface area contributed by atoms with E-state index in [2.05, 4.69) is 0 Å². The quantitative estimate of drug-likeness (QED) is 0.267. The predicted molar refractivity (Wildman–Crippen MR) is 127 cm³/mol. The minimum atomic E-state index is -4.65. The Kier molecular flexibility index (Phi) is 6.74. The number of benzene rings is 3. The van der Waals surface area contributed by atoms with Gasteiger partial charge in [-0.2, -0.15) is 13.2 Å². The van der Waals surface area contributed by atoms with Gasteiger partial charge in [-0.15, -0.1) is 0 Å². The number of hydrogen-bond acceptors (Lipinski definition) is 5.